The van der Waals surface area contributed by atoms with Crippen molar-refractivity contribution in [3.05, 3.63) is 5.89 Å². The molecule has 8 nitrogen and oxygen atoms in total. The second-order valence-electron chi connectivity index (χ2n) is 4.97. The Balaban J connectivity index is 1.68. The van der Waals surface area contributed by atoms with Gasteiger partial charge >= 0.3 is 6.01 Å². The van der Waals surface area contributed by atoms with Crippen molar-refractivity contribution in [1.29, 1.82) is 0 Å². The molecule has 1 aliphatic heterocycles. The molecule has 1 fully saturated rings. The third-order valence-corrected chi connectivity index (χ3v) is 3.33. The number of nitrogens with zero attached hydrogens (tertiary/aromatic N) is 3. The first kappa shape index (κ1) is 15.7. The highest BCUT2D eigenvalue weighted by Gasteiger charge is 2.16. The Bertz CT molecular complexity index is 431. The zero-order valence-corrected chi connectivity index (χ0v) is 12.4. The van der Waals surface area contributed by atoms with Crippen molar-refractivity contribution in [2.45, 2.75) is 25.8 Å². The molecule has 2 heterocycles. The molecule has 0 saturated carbocycles. The number of carbonyl (C=O) groups is 1. The van der Waals surface area contributed by atoms with Crippen LogP contribution in [-0.2, 0) is 16.1 Å². The van der Waals surface area contributed by atoms with E-state index in [1.54, 1.807) is 7.11 Å². The number of rotatable bonds is 8. The van der Waals surface area contributed by atoms with Gasteiger partial charge in [-0.1, -0.05) is 5.10 Å². The minimum absolute atomic E-state index is 0.0765. The molecule has 0 unspecified atom stereocenters. The number of methoxy groups -OCH3 is 1. The van der Waals surface area contributed by atoms with Crippen LogP contribution in [0.5, 0.6) is 0 Å². The first-order valence-electron chi connectivity index (χ1n) is 7.33. The zero-order chi connectivity index (χ0) is 14.9. The molecule has 2 N–H and O–H groups in total. The predicted molar refractivity (Wildman–Crippen MR) is 76.8 cm³/mol. The normalized spacial score (nSPS) is 15.2. The van der Waals surface area contributed by atoms with Crippen molar-refractivity contribution < 1.29 is 13.9 Å². The standard InChI is InChI=1S/C13H23N5O3/c1-20-8-5-14-9-11-16-17-13(21-11)15-10-12(19)18-6-3-2-4-7-18/h14H,2-10H2,1H3,(H,15,17). The third-order valence-electron chi connectivity index (χ3n) is 3.33. The number of likely N-dealkylation sites (tertiary alicyclic amines) is 1. The highest BCUT2D eigenvalue weighted by molar-refractivity contribution is 5.80. The molecular formula is C13H23N5O3. The van der Waals surface area contributed by atoms with Gasteiger partial charge in [0, 0.05) is 26.7 Å². The monoisotopic (exact) mass is 297 g/mol. The van der Waals surface area contributed by atoms with Gasteiger partial charge in [0.1, 0.15) is 0 Å². The zero-order valence-electron chi connectivity index (χ0n) is 12.4. The van der Waals surface area contributed by atoms with E-state index >= 15 is 0 Å². The minimum atomic E-state index is 0.0765. The van der Waals surface area contributed by atoms with Crippen molar-refractivity contribution in [3.8, 4) is 0 Å². The quantitative estimate of drug-likeness (QED) is 0.663. The van der Waals surface area contributed by atoms with E-state index in [-0.39, 0.29) is 18.5 Å². The van der Waals surface area contributed by atoms with E-state index in [0.29, 0.717) is 19.0 Å². The topological polar surface area (TPSA) is 92.5 Å². The molecule has 21 heavy (non-hydrogen) atoms. The molecule has 1 aromatic rings. The van der Waals surface area contributed by atoms with Crippen LogP contribution in [0.2, 0.25) is 0 Å². The Kier molecular flexibility index (Phi) is 6.42. The SMILES string of the molecule is COCCNCc1nnc(NCC(=O)N2CCCCC2)o1. The largest absolute Gasteiger partial charge is 0.407 e. The lowest BCUT2D eigenvalue weighted by atomic mass is 10.1. The Morgan fingerprint density at radius 1 is 1.33 bits per heavy atom. The molecule has 1 saturated heterocycles. The number of amides is 1. The van der Waals surface area contributed by atoms with Crippen LogP contribution in [0.25, 0.3) is 0 Å². The fraction of sp³-hybridized carbons (Fsp3) is 0.769. The highest BCUT2D eigenvalue weighted by atomic mass is 16.5. The smallest absolute Gasteiger partial charge is 0.315 e. The van der Waals surface area contributed by atoms with Crippen molar-refractivity contribution in [2.75, 3.05) is 45.2 Å². The van der Waals surface area contributed by atoms with Crippen molar-refractivity contribution in [3.63, 3.8) is 0 Å². The van der Waals surface area contributed by atoms with Gasteiger partial charge in [0.2, 0.25) is 11.8 Å². The molecule has 8 heteroatoms. The van der Waals surface area contributed by atoms with Gasteiger partial charge in [-0.15, -0.1) is 5.10 Å². The van der Waals surface area contributed by atoms with Gasteiger partial charge in [-0.3, -0.25) is 4.79 Å². The molecule has 1 amide bonds. The average Bonchev–Trinajstić information content (AvgIpc) is 2.98. The summed E-state index contributed by atoms with van der Waals surface area (Å²) >= 11 is 0. The first-order chi connectivity index (χ1) is 10.3. The molecule has 0 atom stereocenters. The predicted octanol–water partition coefficient (Wildman–Crippen LogP) is 0.230. The van der Waals surface area contributed by atoms with Crippen LogP contribution in [0.3, 0.4) is 0 Å². The first-order valence-corrected chi connectivity index (χ1v) is 7.33. The molecule has 0 aromatic carbocycles. The second-order valence-corrected chi connectivity index (χ2v) is 4.97. The number of piperidine rings is 1. The Labute approximate surface area is 124 Å². The van der Waals surface area contributed by atoms with Gasteiger partial charge in [0.15, 0.2) is 0 Å². The lowest BCUT2D eigenvalue weighted by molar-refractivity contribution is -0.130. The van der Waals surface area contributed by atoms with Gasteiger partial charge < -0.3 is 24.7 Å². The van der Waals surface area contributed by atoms with Gasteiger partial charge in [-0.2, -0.15) is 0 Å². The fourth-order valence-corrected chi connectivity index (χ4v) is 2.17. The van der Waals surface area contributed by atoms with Gasteiger partial charge in [0.05, 0.1) is 19.7 Å². The number of ether oxygens (including phenoxy) is 1. The molecule has 1 aromatic heterocycles. The van der Waals surface area contributed by atoms with E-state index in [4.69, 9.17) is 9.15 Å². The van der Waals surface area contributed by atoms with Gasteiger partial charge in [-0.05, 0) is 19.3 Å². The second kappa shape index (κ2) is 8.58. The summed E-state index contributed by atoms with van der Waals surface area (Å²) in [5.41, 5.74) is 0. The number of hydrogen-bond acceptors (Lipinski definition) is 7. The van der Waals surface area contributed by atoms with E-state index in [0.717, 1.165) is 32.5 Å². The Morgan fingerprint density at radius 2 is 2.14 bits per heavy atom. The van der Waals surface area contributed by atoms with Gasteiger partial charge in [-0.25, -0.2) is 0 Å². The Hall–Kier alpha value is -1.67. The summed E-state index contributed by atoms with van der Waals surface area (Å²) in [6, 6.07) is 0.281. The maximum Gasteiger partial charge on any atom is 0.315 e. The molecular weight excluding hydrogens is 274 g/mol. The number of carbonyl (C=O) groups excluding carboxylic acids is 1. The molecule has 0 bridgehead atoms. The molecule has 0 spiro atoms. The lowest BCUT2D eigenvalue weighted by Crippen LogP contribution is -2.39. The summed E-state index contributed by atoms with van der Waals surface area (Å²) in [6.45, 7) is 3.72. The van der Waals surface area contributed by atoms with Crippen molar-refractivity contribution in [2.24, 2.45) is 0 Å². The average molecular weight is 297 g/mol. The van der Waals surface area contributed by atoms with E-state index in [1.165, 1.54) is 6.42 Å². The summed E-state index contributed by atoms with van der Waals surface area (Å²) in [7, 11) is 1.65. The highest BCUT2D eigenvalue weighted by Crippen LogP contribution is 2.09. The van der Waals surface area contributed by atoms with Crippen LogP contribution >= 0.6 is 0 Å². The fourth-order valence-electron chi connectivity index (χ4n) is 2.17. The minimum Gasteiger partial charge on any atom is -0.407 e. The maximum atomic E-state index is 12.0. The summed E-state index contributed by atoms with van der Waals surface area (Å²) in [5.74, 6) is 0.562. The van der Waals surface area contributed by atoms with Crippen LogP contribution in [0.4, 0.5) is 6.01 Å². The number of aromatic nitrogens is 2. The van der Waals surface area contributed by atoms with Crippen LogP contribution in [0, 0.1) is 0 Å². The lowest BCUT2D eigenvalue weighted by Gasteiger charge is -2.26. The van der Waals surface area contributed by atoms with Crippen LogP contribution in [0.1, 0.15) is 25.2 Å². The van der Waals surface area contributed by atoms with Crippen LogP contribution in [0.15, 0.2) is 4.42 Å². The van der Waals surface area contributed by atoms with E-state index in [9.17, 15) is 4.79 Å². The molecule has 1 aliphatic rings. The number of nitrogens with one attached hydrogen (secondary N) is 2. The Morgan fingerprint density at radius 3 is 2.90 bits per heavy atom. The van der Waals surface area contributed by atoms with E-state index in [2.05, 4.69) is 20.8 Å². The summed E-state index contributed by atoms with van der Waals surface area (Å²) < 4.78 is 10.3. The van der Waals surface area contributed by atoms with E-state index < -0.39 is 0 Å². The van der Waals surface area contributed by atoms with E-state index in [1.807, 2.05) is 4.90 Å². The number of anilines is 1. The molecule has 118 valence electrons. The summed E-state index contributed by atoms with van der Waals surface area (Å²) in [6.07, 6.45) is 3.38. The molecule has 2 rings (SSSR count). The summed E-state index contributed by atoms with van der Waals surface area (Å²) in [4.78, 5) is 13.8. The van der Waals surface area contributed by atoms with Gasteiger partial charge in [0.25, 0.3) is 0 Å². The van der Waals surface area contributed by atoms with Crippen molar-refractivity contribution >= 4 is 11.9 Å². The van der Waals surface area contributed by atoms with Crippen LogP contribution in [-0.4, -0.2) is 60.9 Å². The van der Waals surface area contributed by atoms with Crippen LogP contribution < -0.4 is 10.6 Å². The summed E-state index contributed by atoms with van der Waals surface area (Å²) in [5, 5.41) is 13.7. The number of hydrogen-bond donors (Lipinski definition) is 2. The van der Waals surface area contributed by atoms with Crippen molar-refractivity contribution in [1.82, 2.24) is 20.4 Å². The molecule has 0 radical (unpaired) electrons. The molecule has 0 aliphatic carbocycles. The maximum absolute atomic E-state index is 12.0. The third kappa shape index (κ3) is 5.31.